The number of hydrogen-bond acceptors (Lipinski definition) is 6. The lowest BCUT2D eigenvalue weighted by atomic mass is 10.4. The molecule has 2 heterocycles. The van der Waals surface area contributed by atoms with Crippen LogP contribution in [0.2, 0.25) is 0 Å². The Labute approximate surface area is 88.8 Å². The Morgan fingerprint density at radius 3 is 3.07 bits per heavy atom. The highest BCUT2D eigenvalue weighted by molar-refractivity contribution is 7.07. The van der Waals surface area contributed by atoms with Gasteiger partial charge in [-0.3, -0.25) is 4.79 Å². The van der Waals surface area contributed by atoms with Crippen LogP contribution in [0.25, 0.3) is 0 Å². The molecule has 0 fully saturated rings. The van der Waals surface area contributed by atoms with Crippen LogP contribution in [-0.2, 0) is 0 Å². The number of carbonyl (C=O) groups excluding carboxylic acids is 1. The highest BCUT2D eigenvalue weighted by Gasteiger charge is 2.11. The van der Waals surface area contributed by atoms with E-state index < -0.39 is 0 Å². The van der Waals surface area contributed by atoms with Crippen molar-refractivity contribution in [2.45, 2.75) is 0 Å². The van der Waals surface area contributed by atoms with E-state index in [1.165, 1.54) is 18.5 Å². The predicted molar refractivity (Wildman–Crippen MR) is 53.8 cm³/mol. The predicted octanol–water partition coefficient (Wildman–Crippen LogP) is 0.891. The fourth-order valence-corrected chi connectivity index (χ4v) is 1.34. The van der Waals surface area contributed by atoms with Gasteiger partial charge in [0.1, 0.15) is 4.88 Å². The Morgan fingerprint density at radius 2 is 2.40 bits per heavy atom. The van der Waals surface area contributed by atoms with Crippen LogP contribution in [0.3, 0.4) is 0 Å². The standard InChI is InChI=1S/C8H6N4O2S/c13-5-2-1-3-9-7(5)11-8(14)6-4-10-12-15-6/h1-4,13H,(H,9,11,14). The Balaban J connectivity index is 2.17. The van der Waals surface area contributed by atoms with Crippen molar-refractivity contribution in [1.82, 2.24) is 14.6 Å². The molecule has 6 nitrogen and oxygen atoms in total. The number of anilines is 1. The van der Waals surface area contributed by atoms with E-state index in [1.807, 2.05) is 0 Å². The summed E-state index contributed by atoms with van der Waals surface area (Å²) in [7, 11) is 0. The summed E-state index contributed by atoms with van der Waals surface area (Å²) in [6.07, 6.45) is 2.82. The summed E-state index contributed by atoms with van der Waals surface area (Å²) in [5.74, 6) is -0.349. The third-order valence-electron chi connectivity index (χ3n) is 1.60. The van der Waals surface area contributed by atoms with Crippen molar-refractivity contribution in [3.05, 3.63) is 29.4 Å². The number of amides is 1. The minimum atomic E-state index is -0.390. The van der Waals surface area contributed by atoms with Crippen LogP contribution in [0.5, 0.6) is 5.75 Å². The largest absolute Gasteiger partial charge is 0.504 e. The molecule has 2 aromatic rings. The van der Waals surface area contributed by atoms with Crippen LogP contribution < -0.4 is 5.32 Å². The second kappa shape index (κ2) is 4.01. The number of pyridine rings is 1. The fourth-order valence-electron chi connectivity index (χ4n) is 0.929. The molecule has 0 spiro atoms. The molecule has 0 aliphatic carbocycles. The van der Waals surface area contributed by atoms with E-state index in [-0.39, 0.29) is 17.5 Å². The lowest BCUT2D eigenvalue weighted by Crippen LogP contribution is -2.11. The van der Waals surface area contributed by atoms with Gasteiger partial charge in [-0.05, 0) is 23.7 Å². The van der Waals surface area contributed by atoms with Gasteiger partial charge in [-0.2, -0.15) is 0 Å². The van der Waals surface area contributed by atoms with Gasteiger partial charge in [-0.25, -0.2) is 4.98 Å². The first-order valence-corrected chi connectivity index (χ1v) is 4.77. The summed E-state index contributed by atoms with van der Waals surface area (Å²) in [6.45, 7) is 0. The van der Waals surface area contributed by atoms with Crippen LogP contribution in [0.15, 0.2) is 24.5 Å². The number of nitrogens with zero attached hydrogens (tertiary/aromatic N) is 3. The molecule has 7 heteroatoms. The maximum absolute atomic E-state index is 11.5. The molecule has 0 bridgehead atoms. The number of aromatic nitrogens is 3. The molecule has 2 N–H and O–H groups in total. The Hall–Kier alpha value is -2.02. The average Bonchev–Trinajstić information content (AvgIpc) is 2.74. The zero-order chi connectivity index (χ0) is 10.7. The molecule has 2 aromatic heterocycles. The van der Waals surface area contributed by atoms with Gasteiger partial charge in [0.25, 0.3) is 5.91 Å². The van der Waals surface area contributed by atoms with E-state index in [2.05, 4.69) is 19.9 Å². The second-order valence-electron chi connectivity index (χ2n) is 2.61. The molecule has 15 heavy (non-hydrogen) atoms. The highest BCUT2D eigenvalue weighted by Crippen LogP contribution is 2.19. The number of aromatic hydroxyl groups is 1. The van der Waals surface area contributed by atoms with Gasteiger partial charge >= 0.3 is 0 Å². The maximum Gasteiger partial charge on any atom is 0.270 e. The highest BCUT2D eigenvalue weighted by atomic mass is 32.1. The van der Waals surface area contributed by atoms with Crippen molar-refractivity contribution in [3.8, 4) is 5.75 Å². The summed E-state index contributed by atoms with van der Waals surface area (Å²) in [5.41, 5.74) is 0. The average molecular weight is 222 g/mol. The van der Waals surface area contributed by atoms with E-state index in [9.17, 15) is 9.90 Å². The quantitative estimate of drug-likeness (QED) is 0.787. The van der Waals surface area contributed by atoms with Crippen molar-refractivity contribution < 1.29 is 9.90 Å². The van der Waals surface area contributed by atoms with Crippen LogP contribution in [0.1, 0.15) is 9.67 Å². The van der Waals surface area contributed by atoms with Crippen molar-refractivity contribution in [2.24, 2.45) is 0 Å². The molecular weight excluding hydrogens is 216 g/mol. The van der Waals surface area contributed by atoms with Crippen LogP contribution in [0.4, 0.5) is 5.82 Å². The summed E-state index contributed by atoms with van der Waals surface area (Å²) < 4.78 is 3.56. The number of carbonyl (C=O) groups is 1. The molecule has 0 atom stereocenters. The summed E-state index contributed by atoms with van der Waals surface area (Å²) >= 11 is 0.974. The SMILES string of the molecule is O=C(Nc1ncccc1O)c1cnns1. The van der Waals surface area contributed by atoms with E-state index in [4.69, 9.17) is 0 Å². The number of hydrogen-bond donors (Lipinski definition) is 2. The van der Waals surface area contributed by atoms with Crippen molar-refractivity contribution in [1.29, 1.82) is 0 Å². The minimum Gasteiger partial charge on any atom is -0.504 e. The van der Waals surface area contributed by atoms with Crippen molar-refractivity contribution in [3.63, 3.8) is 0 Å². The van der Waals surface area contributed by atoms with Gasteiger partial charge in [0.2, 0.25) is 0 Å². The van der Waals surface area contributed by atoms with Gasteiger partial charge in [0.05, 0.1) is 6.20 Å². The topological polar surface area (TPSA) is 88.0 Å². The first-order valence-electron chi connectivity index (χ1n) is 4.00. The lowest BCUT2D eigenvalue weighted by molar-refractivity contribution is 0.102. The molecule has 0 aliphatic heterocycles. The second-order valence-corrected chi connectivity index (χ2v) is 3.39. The van der Waals surface area contributed by atoms with Gasteiger partial charge in [0.15, 0.2) is 11.6 Å². The Morgan fingerprint density at radius 1 is 1.53 bits per heavy atom. The van der Waals surface area contributed by atoms with Gasteiger partial charge < -0.3 is 10.4 Å². The van der Waals surface area contributed by atoms with Crippen LogP contribution in [-0.4, -0.2) is 25.6 Å². The van der Waals surface area contributed by atoms with E-state index >= 15 is 0 Å². The molecule has 0 aliphatic rings. The van der Waals surface area contributed by atoms with Crippen LogP contribution in [0, 0.1) is 0 Å². The fraction of sp³-hybridized carbons (Fsp3) is 0. The van der Waals surface area contributed by atoms with Crippen molar-refractivity contribution >= 4 is 23.3 Å². The smallest absolute Gasteiger partial charge is 0.270 e. The summed E-state index contributed by atoms with van der Waals surface area (Å²) in [5, 5.41) is 15.3. The third kappa shape index (κ3) is 2.08. The number of rotatable bonds is 2. The minimum absolute atomic E-state index is 0.0803. The molecule has 0 aromatic carbocycles. The zero-order valence-electron chi connectivity index (χ0n) is 7.41. The molecule has 1 amide bonds. The molecule has 0 radical (unpaired) electrons. The van der Waals surface area contributed by atoms with E-state index in [0.717, 1.165) is 11.5 Å². The van der Waals surface area contributed by atoms with Gasteiger partial charge in [0, 0.05) is 6.20 Å². The Bertz CT molecular complexity index is 471. The van der Waals surface area contributed by atoms with Gasteiger partial charge in [-0.15, -0.1) is 5.10 Å². The van der Waals surface area contributed by atoms with Gasteiger partial charge in [-0.1, -0.05) is 4.49 Å². The molecular formula is C8H6N4O2S. The van der Waals surface area contributed by atoms with E-state index in [0.29, 0.717) is 4.88 Å². The molecule has 2 rings (SSSR count). The molecule has 0 saturated carbocycles. The molecule has 0 unspecified atom stereocenters. The molecule has 0 saturated heterocycles. The summed E-state index contributed by atoms with van der Waals surface area (Å²) in [6, 6.07) is 3.01. The monoisotopic (exact) mass is 222 g/mol. The lowest BCUT2D eigenvalue weighted by Gasteiger charge is -2.02. The molecule has 76 valence electrons. The zero-order valence-corrected chi connectivity index (χ0v) is 8.23. The van der Waals surface area contributed by atoms with Crippen molar-refractivity contribution in [2.75, 3.05) is 5.32 Å². The normalized spacial score (nSPS) is 9.87. The summed E-state index contributed by atoms with van der Waals surface area (Å²) in [4.78, 5) is 15.7. The maximum atomic E-state index is 11.5. The van der Waals surface area contributed by atoms with E-state index in [1.54, 1.807) is 6.07 Å². The van der Waals surface area contributed by atoms with Crippen LogP contribution >= 0.6 is 11.5 Å². The first-order chi connectivity index (χ1) is 7.27. The number of nitrogens with one attached hydrogen (secondary N) is 1. The third-order valence-corrected chi connectivity index (χ3v) is 2.27. The Kier molecular flexibility index (Phi) is 2.55. The first kappa shape index (κ1) is 9.53.